The summed E-state index contributed by atoms with van der Waals surface area (Å²) in [5.41, 5.74) is 2.31. The molecule has 0 aliphatic heterocycles. The number of carboxylic acids is 1. The van der Waals surface area contributed by atoms with Gasteiger partial charge in [0.2, 0.25) is 0 Å². The van der Waals surface area contributed by atoms with Gasteiger partial charge in [0.15, 0.2) is 0 Å². The van der Waals surface area contributed by atoms with Gasteiger partial charge in [-0.2, -0.15) is 0 Å². The number of rotatable bonds is 11. The summed E-state index contributed by atoms with van der Waals surface area (Å²) in [5, 5.41) is 9.51. The summed E-state index contributed by atoms with van der Waals surface area (Å²) in [6.45, 7) is 2.92. The molecule has 5 heteroatoms. The van der Waals surface area contributed by atoms with Crippen LogP contribution in [-0.2, 0) is 24.2 Å². The van der Waals surface area contributed by atoms with Gasteiger partial charge in [-0.25, -0.2) is 4.98 Å². The Labute approximate surface area is 154 Å². The SMILES string of the molecule is CCCCc1ncc(CCCCCC(=O)O)n1Cc1ccccc1Cl. The Hall–Kier alpha value is -1.81. The van der Waals surface area contributed by atoms with Gasteiger partial charge >= 0.3 is 5.97 Å². The molecule has 25 heavy (non-hydrogen) atoms. The second-order valence-corrected chi connectivity index (χ2v) is 6.81. The molecule has 0 bridgehead atoms. The third-order valence-corrected chi connectivity index (χ3v) is 4.75. The summed E-state index contributed by atoms with van der Waals surface area (Å²) in [6.07, 6.45) is 9.02. The van der Waals surface area contributed by atoms with E-state index in [2.05, 4.69) is 22.5 Å². The largest absolute Gasteiger partial charge is 0.481 e. The quantitative estimate of drug-likeness (QED) is 0.565. The minimum absolute atomic E-state index is 0.251. The molecule has 4 nitrogen and oxygen atoms in total. The van der Waals surface area contributed by atoms with Gasteiger partial charge in [-0.1, -0.05) is 49.6 Å². The maximum atomic E-state index is 10.6. The molecule has 1 aromatic heterocycles. The predicted molar refractivity (Wildman–Crippen MR) is 101 cm³/mol. The molecule has 1 aromatic carbocycles. The van der Waals surface area contributed by atoms with E-state index in [9.17, 15) is 4.79 Å². The zero-order valence-corrected chi connectivity index (χ0v) is 15.6. The topological polar surface area (TPSA) is 55.1 Å². The summed E-state index contributed by atoms with van der Waals surface area (Å²) in [4.78, 5) is 15.2. The monoisotopic (exact) mass is 362 g/mol. The first kappa shape index (κ1) is 19.5. The molecule has 0 saturated heterocycles. The van der Waals surface area contributed by atoms with Crippen molar-refractivity contribution in [2.45, 2.75) is 64.8 Å². The average Bonchev–Trinajstić information content (AvgIpc) is 2.96. The number of aryl methyl sites for hydroxylation is 2. The average molecular weight is 363 g/mol. The molecule has 0 radical (unpaired) electrons. The van der Waals surface area contributed by atoms with Crippen LogP contribution < -0.4 is 0 Å². The van der Waals surface area contributed by atoms with Crippen LogP contribution in [0, 0.1) is 0 Å². The van der Waals surface area contributed by atoms with Gasteiger partial charge in [-0.3, -0.25) is 4.79 Å². The van der Waals surface area contributed by atoms with E-state index in [1.165, 1.54) is 5.69 Å². The highest BCUT2D eigenvalue weighted by Crippen LogP contribution is 2.20. The second-order valence-electron chi connectivity index (χ2n) is 6.40. The van der Waals surface area contributed by atoms with E-state index in [1.54, 1.807) is 0 Å². The van der Waals surface area contributed by atoms with Crippen LogP contribution >= 0.6 is 11.6 Å². The molecular formula is C20H27ClN2O2. The van der Waals surface area contributed by atoms with Crippen molar-refractivity contribution in [3.8, 4) is 0 Å². The van der Waals surface area contributed by atoms with Gasteiger partial charge in [-0.15, -0.1) is 0 Å². The lowest BCUT2D eigenvalue weighted by molar-refractivity contribution is -0.137. The number of unbranched alkanes of at least 4 members (excludes halogenated alkanes) is 3. The van der Waals surface area contributed by atoms with Crippen molar-refractivity contribution >= 4 is 17.6 Å². The van der Waals surface area contributed by atoms with Crippen LogP contribution in [0.5, 0.6) is 0 Å². The Bertz CT molecular complexity index is 682. The summed E-state index contributed by atoms with van der Waals surface area (Å²) in [7, 11) is 0. The highest BCUT2D eigenvalue weighted by molar-refractivity contribution is 6.31. The van der Waals surface area contributed by atoms with E-state index >= 15 is 0 Å². The second kappa shape index (κ2) is 10.2. The highest BCUT2D eigenvalue weighted by atomic mass is 35.5. The third-order valence-electron chi connectivity index (χ3n) is 4.38. The number of benzene rings is 1. The fourth-order valence-electron chi connectivity index (χ4n) is 2.94. The van der Waals surface area contributed by atoms with Crippen molar-refractivity contribution in [3.63, 3.8) is 0 Å². The van der Waals surface area contributed by atoms with Crippen LogP contribution in [0.1, 0.15) is 62.5 Å². The van der Waals surface area contributed by atoms with Crippen molar-refractivity contribution in [1.82, 2.24) is 9.55 Å². The molecule has 0 amide bonds. The van der Waals surface area contributed by atoms with Gasteiger partial charge in [0.25, 0.3) is 0 Å². The fourth-order valence-corrected chi connectivity index (χ4v) is 3.13. The Morgan fingerprint density at radius 1 is 1.16 bits per heavy atom. The van der Waals surface area contributed by atoms with Gasteiger partial charge in [0.1, 0.15) is 5.82 Å². The first-order valence-corrected chi connectivity index (χ1v) is 9.48. The molecule has 0 fully saturated rings. The fraction of sp³-hybridized carbons (Fsp3) is 0.500. The van der Waals surface area contributed by atoms with Gasteiger partial charge in [0, 0.05) is 29.8 Å². The molecule has 0 aliphatic carbocycles. The predicted octanol–water partition coefficient (Wildman–Crippen LogP) is 5.11. The van der Waals surface area contributed by atoms with Crippen LogP contribution in [0.2, 0.25) is 5.02 Å². The standard InChI is InChI=1S/C20H27ClN2O2/c1-2-3-12-19-22-14-17(10-5-4-6-13-20(24)25)23(19)15-16-9-7-8-11-18(16)21/h7-9,11,14H,2-6,10,12-13,15H2,1H3,(H,24,25). The molecule has 0 unspecified atom stereocenters. The zero-order chi connectivity index (χ0) is 18.1. The van der Waals surface area contributed by atoms with Crippen molar-refractivity contribution in [2.75, 3.05) is 0 Å². The summed E-state index contributed by atoms with van der Waals surface area (Å²) < 4.78 is 2.29. The highest BCUT2D eigenvalue weighted by Gasteiger charge is 2.11. The molecule has 0 spiro atoms. The van der Waals surface area contributed by atoms with Gasteiger partial charge in [-0.05, 0) is 37.3 Å². The van der Waals surface area contributed by atoms with Crippen LogP contribution in [0.3, 0.4) is 0 Å². The van der Waals surface area contributed by atoms with E-state index in [0.717, 1.165) is 67.9 Å². The number of hydrogen-bond acceptors (Lipinski definition) is 2. The van der Waals surface area contributed by atoms with E-state index in [4.69, 9.17) is 16.7 Å². The van der Waals surface area contributed by atoms with E-state index in [1.807, 2.05) is 24.4 Å². The summed E-state index contributed by atoms with van der Waals surface area (Å²) >= 11 is 6.34. The Kier molecular flexibility index (Phi) is 7.99. The smallest absolute Gasteiger partial charge is 0.303 e. The van der Waals surface area contributed by atoms with Crippen LogP contribution in [0.25, 0.3) is 0 Å². The minimum Gasteiger partial charge on any atom is -0.481 e. The molecule has 0 aliphatic rings. The van der Waals surface area contributed by atoms with E-state index < -0.39 is 5.97 Å². The van der Waals surface area contributed by atoms with Crippen molar-refractivity contribution in [1.29, 1.82) is 0 Å². The lowest BCUT2D eigenvalue weighted by Gasteiger charge is -2.13. The molecule has 0 atom stereocenters. The maximum Gasteiger partial charge on any atom is 0.303 e. The third kappa shape index (κ3) is 6.20. The molecule has 1 N–H and O–H groups in total. The van der Waals surface area contributed by atoms with E-state index in [-0.39, 0.29) is 6.42 Å². The summed E-state index contributed by atoms with van der Waals surface area (Å²) in [5.74, 6) is 0.396. The Balaban J connectivity index is 2.06. The lowest BCUT2D eigenvalue weighted by Crippen LogP contribution is -2.09. The van der Waals surface area contributed by atoms with Crippen molar-refractivity contribution in [3.05, 3.63) is 52.6 Å². The van der Waals surface area contributed by atoms with Crippen LogP contribution in [-0.4, -0.2) is 20.6 Å². The van der Waals surface area contributed by atoms with E-state index in [0.29, 0.717) is 0 Å². The van der Waals surface area contributed by atoms with Crippen LogP contribution in [0.4, 0.5) is 0 Å². The van der Waals surface area contributed by atoms with Crippen molar-refractivity contribution < 1.29 is 9.90 Å². The number of nitrogens with zero attached hydrogens (tertiary/aromatic N) is 2. The number of carboxylic acid groups (broad SMARTS) is 1. The number of halogens is 1. The number of aromatic nitrogens is 2. The Morgan fingerprint density at radius 3 is 2.68 bits per heavy atom. The zero-order valence-electron chi connectivity index (χ0n) is 14.9. The Morgan fingerprint density at radius 2 is 1.96 bits per heavy atom. The van der Waals surface area contributed by atoms with Gasteiger partial charge < -0.3 is 9.67 Å². The molecule has 2 aromatic rings. The number of aliphatic carboxylic acids is 1. The summed E-state index contributed by atoms with van der Waals surface area (Å²) in [6, 6.07) is 7.93. The number of imidazole rings is 1. The van der Waals surface area contributed by atoms with Gasteiger partial charge in [0.05, 0.1) is 6.54 Å². The lowest BCUT2D eigenvalue weighted by atomic mass is 10.1. The van der Waals surface area contributed by atoms with Crippen molar-refractivity contribution in [2.24, 2.45) is 0 Å². The van der Waals surface area contributed by atoms with Crippen LogP contribution in [0.15, 0.2) is 30.5 Å². The molecule has 1 heterocycles. The molecule has 2 rings (SSSR count). The molecule has 136 valence electrons. The number of carbonyl (C=O) groups is 1. The minimum atomic E-state index is -0.717. The molecular weight excluding hydrogens is 336 g/mol. The molecule has 0 saturated carbocycles. The maximum absolute atomic E-state index is 10.6. The first-order chi connectivity index (χ1) is 12.1. The normalized spacial score (nSPS) is 11.0. The first-order valence-electron chi connectivity index (χ1n) is 9.10. The number of hydrogen-bond donors (Lipinski definition) is 1.